The summed E-state index contributed by atoms with van der Waals surface area (Å²) in [6.45, 7) is 4.21. The number of ether oxygens (including phenoxy) is 4. The molecule has 3 heterocycles. The summed E-state index contributed by atoms with van der Waals surface area (Å²) in [5.74, 6) is 2.36. The van der Waals surface area contributed by atoms with Gasteiger partial charge in [-0.1, -0.05) is 12.1 Å². The van der Waals surface area contributed by atoms with Crippen LogP contribution in [0.4, 0.5) is 5.82 Å². The van der Waals surface area contributed by atoms with Crippen LogP contribution in [0.15, 0.2) is 57.7 Å². The molecule has 4 aromatic rings. The molecule has 11 nitrogen and oxygen atoms in total. The predicted octanol–water partition coefficient (Wildman–Crippen LogP) is 3.64. The summed E-state index contributed by atoms with van der Waals surface area (Å²) >= 11 is 0. The second-order valence-electron chi connectivity index (χ2n) is 9.03. The predicted molar refractivity (Wildman–Crippen MR) is 149 cm³/mol. The van der Waals surface area contributed by atoms with E-state index in [1.807, 2.05) is 36.1 Å². The van der Waals surface area contributed by atoms with Crippen LogP contribution in [0.2, 0.25) is 0 Å². The lowest BCUT2D eigenvalue weighted by atomic mass is 10.1. The van der Waals surface area contributed by atoms with E-state index >= 15 is 0 Å². The van der Waals surface area contributed by atoms with E-state index in [1.54, 1.807) is 50.5 Å². The van der Waals surface area contributed by atoms with E-state index < -0.39 is 5.63 Å². The summed E-state index contributed by atoms with van der Waals surface area (Å²) in [6, 6.07) is 14.3. The Morgan fingerprint density at radius 2 is 1.62 bits per heavy atom. The Morgan fingerprint density at radius 3 is 2.23 bits per heavy atom. The van der Waals surface area contributed by atoms with Crippen LogP contribution in [-0.4, -0.2) is 75.1 Å². The number of anilines is 1. The Balaban J connectivity index is 1.28. The lowest BCUT2D eigenvalue weighted by Crippen LogP contribution is -2.49. The van der Waals surface area contributed by atoms with Crippen LogP contribution in [0, 0.1) is 0 Å². The maximum Gasteiger partial charge on any atom is 0.349 e. The highest BCUT2D eigenvalue weighted by Gasteiger charge is 2.26. The average Bonchev–Trinajstić information content (AvgIpc) is 3.00. The van der Waals surface area contributed by atoms with E-state index in [1.165, 1.54) is 0 Å². The minimum atomic E-state index is -0.680. The van der Waals surface area contributed by atoms with Gasteiger partial charge in [0.15, 0.2) is 28.6 Å². The fourth-order valence-electron chi connectivity index (χ4n) is 4.72. The van der Waals surface area contributed by atoms with Crippen LogP contribution in [0.1, 0.15) is 17.3 Å². The Bertz CT molecular complexity index is 1550. The molecule has 1 aliphatic rings. The van der Waals surface area contributed by atoms with Gasteiger partial charge in [0.25, 0.3) is 5.91 Å². The van der Waals surface area contributed by atoms with Crippen molar-refractivity contribution in [2.75, 3.05) is 59.0 Å². The smallest absolute Gasteiger partial charge is 0.349 e. The highest BCUT2D eigenvalue weighted by molar-refractivity contribution is 5.97. The molecule has 1 saturated heterocycles. The fraction of sp³-hybridized carbons (Fsp3) is 0.310. The first kappa shape index (κ1) is 26.8. The Kier molecular flexibility index (Phi) is 7.72. The molecule has 2 aromatic heterocycles. The summed E-state index contributed by atoms with van der Waals surface area (Å²) in [6.07, 6.45) is 0. The van der Waals surface area contributed by atoms with Gasteiger partial charge in [-0.2, -0.15) is 0 Å². The summed E-state index contributed by atoms with van der Waals surface area (Å²) in [4.78, 5) is 29.6. The lowest BCUT2D eigenvalue weighted by molar-refractivity contribution is 0.0742. The molecule has 1 aliphatic heterocycles. The molecule has 0 unspecified atom stereocenters. The van der Waals surface area contributed by atoms with Gasteiger partial charge in [0.2, 0.25) is 5.75 Å². The quantitative estimate of drug-likeness (QED) is 0.303. The highest BCUT2D eigenvalue weighted by Crippen LogP contribution is 2.40. The van der Waals surface area contributed by atoms with Crippen molar-refractivity contribution >= 4 is 22.7 Å². The van der Waals surface area contributed by atoms with Crippen molar-refractivity contribution in [3.63, 3.8) is 0 Å². The standard InChI is InChI=1S/C29H30N4O7/c1-5-39-22-8-6-7-18-15-20(29(35)40-26(18)22)28(34)33-13-11-32(12-14-33)25-10-9-21(30-31-25)19-16-23(36-2)27(38-4)24(17-19)37-3/h6-10,15-17H,5,11-14H2,1-4H3. The number of aromatic nitrogens is 2. The van der Waals surface area contributed by atoms with Crippen molar-refractivity contribution in [2.45, 2.75) is 6.92 Å². The molecule has 0 bridgehead atoms. The number of fused-ring (bicyclic) bond motifs is 1. The van der Waals surface area contributed by atoms with Crippen molar-refractivity contribution in [2.24, 2.45) is 0 Å². The van der Waals surface area contributed by atoms with Crippen molar-refractivity contribution < 1.29 is 28.2 Å². The lowest BCUT2D eigenvalue weighted by Gasteiger charge is -2.35. The van der Waals surface area contributed by atoms with Crippen LogP contribution < -0.4 is 29.5 Å². The third-order valence-electron chi connectivity index (χ3n) is 6.76. The van der Waals surface area contributed by atoms with Crippen molar-refractivity contribution in [1.29, 1.82) is 0 Å². The Morgan fingerprint density at radius 1 is 0.900 bits per heavy atom. The first-order valence-electron chi connectivity index (χ1n) is 12.8. The van der Waals surface area contributed by atoms with E-state index in [4.69, 9.17) is 23.4 Å². The molecular weight excluding hydrogens is 516 g/mol. The van der Waals surface area contributed by atoms with Crippen LogP contribution in [0.25, 0.3) is 22.2 Å². The molecule has 0 radical (unpaired) electrons. The third-order valence-corrected chi connectivity index (χ3v) is 6.76. The minimum absolute atomic E-state index is 0.00379. The Hall–Kier alpha value is -4.80. The van der Waals surface area contributed by atoms with Gasteiger partial charge >= 0.3 is 5.63 Å². The minimum Gasteiger partial charge on any atom is -0.493 e. The van der Waals surface area contributed by atoms with Crippen LogP contribution in [0.3, 0.4) is 0 Å². The molecule has 0 atom stereocenters. The van der Waals surface area contributed by atoms with Crippen LogP contribution in [-0.2, 0) is 0 Å². The molecule has 0 spiro atoms. The first-order chi connectivity index (χ1) is 19.5. The van der Waals surface area contributed by atoms with Crippen LogP contribution in [0.5, 0.6) is 23.0 Å². The number of methoxy groups -OCH3 is 3. The van der Waals surface area contributed by atoms with E-state index in [9.17, 15) is 9.59 Å². The number of carbonyl (C=O) groups is 1. The summed E-state index contributed by atoms with van der Waals surface area (Å²) < 4.78 is 27.3. The number of carbonyl (C=O) groups excluding carboxylic acids is 1. The molecule has 0 aliphatic carbocycles. The van der Waals surface area contributed by atoms with Gasteiger partial charge in [0, 0.05) is 37.1 Å². The van der Waals surface area contributed by atoms with E-state index in [0.29, 0.717) is 78.3 Å². The maximum absolute atomic E-state index is 13.2. The Labute approximate surface area is 230 Å². The number of hydrogen-bond donors (Lipinski definition) is 0. The van der Waals surface area contributed by atoms with Gasteiger partial charge in [0.05, 0.1) is 33.6 Å². The number of para-hydroxylation sites is 1. The van der Waals surface area contributed by atoms with Crippen molar-refractivity contribution in [3.8, 4) is 34.3 Å². The summed E-state index contributed by atoms with van der Waals surface area (Å²) in [5, 5.41) is 9.45. The van der Waals surface area contributed by atoms with Gasteiger partial charge in [-0.25, -0.2) is 4.79 Å². The number of amides is 1. The molecule has 5 rings (SSSR count). The molecule has 11 heteroatoms. The summed E-state index contributed by atoms with van der Waals surface area (Å²) in [7, 11) is 4.67. The summed E-state index contributed by atoms with van der Waals surface area (Å²) in [5.41, 5.74) is 1.08. The van der Waals surface area contributed by atoms with Crippen molar-refractivity contribution in [3.05, 3.63) is 64.5 Å². The third kappa shape index (κ3) is 5.09. The zero-order chi connectivity index (χ0) is 28.2. The molecule has 208 valence electrons. The second kappa shape index (κ2) is 11.5. The average molecular weight is 547 g/mol. The highest BCUT2D eigenvalue weighted by atomic mass is 16.5. The monoisotopic (exact) mass is 546 g/mol. The molecular formula is C29H30N4O7. The van der Waals surface area contributed by atoms with E-state index in [-0.39, 0.29) is 11.5 Å². The topological polar surface area (TPSA) is 116 Å². The van der Waals surface area contributed by atoms with Gasteiger partial charge in [-0.05, 0) is 43.3 Å². The van der Waals surface area contributed by atoms with Gasteiger partial charge in [-0.3, -0.25) is 4.79 Å². The van der Waals surface area contributed by atoms with Crippen molar-refractivity contribution in [1.82, 2.24) is 15.1 Å². The van der Waals surface area contributed by atoms with E-state index in [0.717, 1.165) is 5.56 Å². The molecule has 0 saturated carbocycles. The van der Waals surface area contributed by atoms with E-state index in [2.05, 4.69) is 10.2 Å². The number of rotatable bonds is 8. The largest absolute Gasteiger partial charge is 0.493 e. The van der Waals surface area contributed by atoms with Gasteiger partial charge in [0.1, 0.15) is 5.56 Å². The number of hydrogen-bond acceptors (Lipinski definition) is 10. The number of nitrogens with zero attached hydrogens (tertiary/aromatic N) is 4. The zero-order valence-electron chi connectivity index (χ0n) is 22.8. The molecule has 2 aromatic carbocycles. The maximum atomic E-state index is 13.2. The molecule has 0 N–H and O–H groups in total. The second-order valence-corrected chi connectivity index (χ2v) is 9.03. The van der Waals surface area contributed by atoms with Crippen LogP contribution >= 0.6 is 0 Å². The zero-order valence-corrected chi connectivity index (χ0v) is 22.8. The SMILES string of the molecule is CCOc1cccc2cc(C(=O)N3CCN(c4ccc(-c5cc(OC)c(OC)c(OC)c5)nn4)CC3)c(=O)oc12. The molecule has 40 heavy (non-hydrogen) atoms. The fourth-order valence-corrected chi connectivity index (χ4v) is 4.72. The van der Waals surface area contributed by atoms with Gasteiger partial charge < -0.3 is 33.2 Å². The van der Waals surface area contributed by atoms with Gasteiger partial charge in [-0.15, -0.1) is 10.2 Å². The first-order valence-corrected chi connectivity index (χ1v) is 12.8. The molecule has 1 fully saturated rings. The molecule has 1 amide bonds. The normalized spacial score (nSPS) is 13.3. The number of piperazine rings is 1. The number of benzene rings is 2.